The van der Waals surface area contributed by atoms with E-state index < -0.39 is 0 Å². The summed E-state index contributed by atoms with van der Waals surface area (Å²) in [6.07, 6.45) is 7.77. The first-order valence-corrected chi connectivity index (χ1v) is 9.75. The van der Waals surface area contributed by atoms with E-state index in [1.54, 1.807) is 0 Å². The predicted octanol–water partition coefficient (Wildman–Crippen LogP) is 3.71. The lowest BCUT2D eigenvalue weighted by atomic mass is 9.65. The number of hydrogen-bond donors (Lipinski definition) is 2. The van der Waals surface area contributed by atoms with Crippen LogP contribution < -0.4 is 11.1 Å². The van der Waals surface area contributed by atoms with Gasteiger partial charge in [0.2, 0.25) is 5.91 Å². The average Bonchev–Trinajstić information content (AvgIpc) is 2.89. The summed E-state index contributed by atoms with van der Waals surface area (Å²) >= 11 is 3.53. The summed E-state index contributed by atoms with van der Waals surface area (Å²) in [6.45, 7) is 0. The van der Waals surface area contributed by atoms with Gasteiger partial charge >= 0.3 is 0 Å². The minimum atomic E-state index is 0.171. The van der Waals surface area contributed by atoms with Crippen molar-refractivity contribution >= 4 is 21.8 Å². The Morgan fingerprint density at radius 2 is 1.91 bits per heavy atom. The second-order valence-corrected chi connectivity index (χ2v) is 8.56. The van der Waals surface area contributed by atoms with Crippen molar-refractivity contribution in [3.8, 4) is 0 Å². The van der Waals surface area contributed by atoms with Crippen LogP contribution in [0.5, 0.6) is 0 Å². The van der Waals surface area contributed by atoms with Crippen molar-refractivity contribution in [1.82, 2.24) is 5.32 Å². The second-order valence-electron chi connectivity index (χ2n) is 7.64. The maximum atomic E-state index is 12.8. The molecule has 3 atom stereocenters. The smallest absolute Gasteiger partial charge is 0.223 e. The van der Waals surface area contributed by atoms with E-state index in [2.05, 4.69) is 39.4 Å². The first-order valence-electron chi connectivity index (χ1n) is 8.96. The SMILES string of the molecule is NC1C2CCCC1CC(C(=O)NC1CCc3cc(Br)ccc31)C2. The molecule has 3 aliphatic rings. The summed E-state index contributed by atoms with van der Waals surface area (Å²) in [5, 5.41) is 3.33. The van der Waals surface area contributed by atoms with Crippen LogP contribution in [0.25, 0.3) is 0 Å². The Bertz CT molecular complexity index is 603. The molecular formula is C19H25BrN2O. The largest absolute Gasteiger partial charge is 0.349 e. The Balaban J connectivity index is 1.43. The van der Waals surface area contributed by atoms with Crippen molar-refractivity contribution in [1.29, 1.82) is 0 Å². The minimum absolute atomic E-state index is 0.171. The first kappa shape index (κ1) is 15.6. The molecule has 1 aromatic carbocycles. The highest BCUT2D eigenvalue weighted by Crippen LogP contribution is 2.42. The third-order valence-corrected chi connectivity index (χ3v) is 6.78. The molecule has 1 aromatic rings. The number of benzene rings is 1. The number of nitrogens with two attached hydrogens (primary N) is 1. The van der Waals surface area contributed by atoms with Gasteiger partial charge in [-0.3, -0.25) is 4.79 Å². The third kappa shape index (κ3) is 2.96. The number of carbonyl (C=O) groups excluding carboxylic acids is 1. The topological polar surface area (TPSA) is 55.1 Å². The molecule has 0 spiro atoms. The molecule has 0 heterocycles. The number of halogens is 1. The van der Waals surface area contributed by atoms with Crippen molar-refractivity contribution < 1.29 is 4.79 Å². The van der Waals surface area contributed by atoms with Crippen molar-refractivity contribution in [3.63, 3.8) is 0 Å². The molecule has 124 valence electrons. The van der Waals surface area contributed by atoms with Crippen LogP contribution in [0.3, 0.4) is 0 Å². The average molecular weight is 377 g/mol. The number of aryl methyl sites for hydroxylation is 1. The molecule has 0 aromatic heterocycles. The van der Waals surface area contributed by atoms with Crippen LogP contribution in [0.4, 0.5) is 0 Å². The molecule has 3 aliphatic carbocycles. The van der Waals surface area contributed by atoms with Gasteiger partial charge in [0.05, 0.1) is 6.04 Å². The third-order valence-electron chi connectivity index (χ3n) is 6.28. The number of amides is 1. The monoisotopic (exact) mass is 376 g/mol. The highest BCUT2D eigenvalue weighted by Gasteiger charge is 2.41. The van der Waals surface area contributed by atoms with Gasteiger partial charge in [-0.2, -0.15) is 0 Å². The van der Waals surface area contributed by atoms with E-state index in [0.717, 1.165) is 30.2 Å². The molecule has 2 fully saturated rings. The molecule has 3 unspecified atom stereocenters. The van der Waals surface area contributed by atoms with Gasteiger partial charge in [-0.1, -0.05) is 28.4 Å². The summed E-state index contributed by atoms with van der Waals surface area (Å²) in [4.78, 5) is 12.8. The van der Waals surface area contributed by atoms with E-state index in [0.29, 0.717) is 17.9 Å². The van der Waals surface area contributed by atoms with Gasteiger partial charge in [0.1, 0.15) is 0 Å². The Morgan fingerprint density at radius 1 is 1.17 bits per heavy atom. The molecule has 0 saturated heterocycles. The molecule has 0 aliphatic heterocycles. The number of rotatable bonds is 2. The van der Waals surface area contributed by atoms with Crippen LogP contribution in [0.2, 0.25) is 0 Å². The van der Waals surface area contributed by atoms with E-state index in [1.807, 2.05) is 0 Å². The van der Waals surface area contributed by atoms with E-state index in [-0.39, 0.29) is 17.9 Å². The highest BCUT2D eigenvalue weighted by molar-refractivity contribution is 9.10. The van der Waals surface area contributed by atoms with Crippen LogP contribution in [0.15, 0.2) is 22.7 Å². The fraction of sp³-hybridized carbons (Fsp3) is 0.632. The van der Waals surface area contributed by atoms with E-state index in [9.17, 15) is 4.79 Å². The summed E-state index contributed by atoms with van der Waals surface area (Å²) in [6, 6.07) is 6.94. The van der Waals surface area contributed by atoms with Crippen molar-refractivity contribution in [2.75, 3.05) is 0 Å². The van der Waals surface area contributed by atoms with E-state index in [1.165, 1.54) is 30.4 Å². The van der Waals surface area contributed by atoms with Crippen molar-refractivity contribution in [3.05, 3.63) is 33.8 Å². The molecular weight excluding hydrogens is 352 g/mol. The zero-order chi connectivity index (χ0) is 16.0. The lowest BCUT2D eigenvalue weighted by molar-refractivity contribution is -0.128. The van der Waals surface area contributed by atoms with E-state index in [4.69, 9.17) is 5.73 Å². The van der Waals surface area contributed by atoms with E-state index >= 15 is 0 Å². The maximum Gasteiger partial charge on any atom is 0.223 e. The van der Waals surface area contributed by atoms with Gasteiger partial charge < -0.3 is 11.1 Å². The molecule has 4 heteroatoms. The standard InChI is InChI=1S/C19H25BrN2O/c20-15-5-6-16-11(10-15)4-7-17(16)22-19(23)14-8-12-2-1-3-13(9-14)18(12)21/h5-6,10,12-14,17-18H,1-4,7-9,21H2,(H,22,23). The summed E-state index contributed by atoms with van der Waals surface area (Å²) in [5.74, 6) is 1.55. The quantitative estimate of drug-likeness (QED) is 0.826. The van der Waals surface area contributed by atoms with Crippen LogP contribution in [-0.2, 0) is 11.2 Å². The molecule has 1 amide bonds. The second kappa shape index (κ2) is 6.21. The molecule has 4 rings (SSSR count). The zero-order valence-corrected chi connectivity index (χ0v) is 15.0. The maximum absolute atomic E-state index is 12.8. The molecule has 0 radical (unpaired) electrons. The summed E-state index contributed by atoms with van der Waals surface area (Å²) in [5.41, 5.74) is 9.02. The van der Waals surface area contributed by atoms with Gasteiger partial charge in [0.25, 0.3) is 0 Å². The first-order chi connectivity index (χ1) is 11.1. The normalized spacial score (nSPS) is 35.7. The Morgan fingerprint density at radius 3 is 2.65 bits per heavy atom. The lowest BCUT2D eigenvalue weighted by Gasteiger charge is -2.43. The predicted molar refractivity (Wildman–Crippen MR) is 94.9 cm³/mol. The molecule has 2 bridgehead atoms. The van der Waals surface area contributed by atoms with Crippen LogP contribution >= 0.6 is 15.9 Å². The number of hydrogen-bond acceptors (Lipinski definition) is 2. The number of fused-ring (bicyclic) bond motifs is 3. The summed E-state index contributed by atoms with van der Waals surface area (Å²) < 4.78 is 1.12. The Labute approximate surface area is 146 Å². The van der Waals surface area contributed by atoms with Crippen LogP contribution in [-0.4, -0.2) is 11.9 Å². The Kier molecular flexibility index (Phi) is 4.22. The van der Waals surface area contributed by atoms with Gasteiger partial charge in [-0.25, -0.2) is 0 Å². The van der Waals surface area contributed by atoms with Gasteiger partial charge in [0.15, 0.2) is 0 Å². The lowest BCUT2D eigenvalue weighted by Crippen LogP contribution is -2.49. The highest BCUT2D eigenvalue weighted by atomic mass is 79.9. The summed E-state index contributed by atoms with van der Waals surface area (Å²) in [7, 11) is 0. The van der Waals surface area contributed by atoms with Gasteiger partial charge in [-0.05, 0) is 73.6 Å². The molecule has 3 nitrogen and oxygen atoms in total. The number of nitrogens with one attached hydrogen (secondary N) is 1. The fourth-order valence-electron chi connectivity index (χ4n) is 5.03. The Hall–Kier alpha value is -0.870. The van der Waals surface area contributed by atoms with Gasteiger partial charge in [-0.15, -0.1) is 0 Å². The minimum Gasteiger partial charge on any atom is -0.349 e. The molecule has 3 N–H and O–H groups in total. The molecule has 2 saturated carbocycles. The van der Waals surface area contributed by atoms with Gasteiger partial charge in [0, 0.05) is 16.4 Å². The van der Waals surface area contributed by atoms with Crippen LogP contribution in [0.1, 0.15) is 55.7 Å². The van der Waals surface area contributed by atoms with Crippen molar-refractivity contribution in [2.24, 2.45) is 23.5 Å². The zero-order valence-electron chi connectivity index (χ0n) is 13.4. The van der Waals surface area contributed by atoms with Crippen molar-refractivity contribution in [2.45, 2.75) is 57.0 Å². The number of carbonyl (C=O) groups is 1. The van der Waals surface area contributed by atoms with Crippen LogP contribution in [0, 0.1) is 17.8 Å². The fourth-order valence-corrected chi connectivity index (χ4v) is 5.44. The molecule has 23 heavy (non-hydrogen) atoms.